The number of benzene rings is 1. The Morgan fingerprint density at radius 3 is 2.62 bits per heavy atom. The Morgan fingerprint density at radius 2 is 2.00 bits per heavy atom. The van der Waals surface area contributed by atoms with E-state index in [0.717, 1.165) is 23.5 Å². The first-order valence-corrected chi connectivity index (χ1v) is 7.12. The third-order valence-electron chi connectivity index (χ3n) is 3.25. The summed E-state index contributed by atoms with van der Waals surface area (Å²) < 4.78 is 0. The van der Waals surface area contributed by atoms with E-state index in [-0.39, 0.29) is 36.8 Å². The lowest BCUT2D eigenvalue weighted by Gasteiger charge is -2.13. The van der Waals surface area contributed by atoms with Gasteiger partial charge in [-0.25, -0.2) is 4.98 Å². The van der Waals surface area contributed by atoms with E-state index in [0.29, 0.717) is 11.4 Å². The molecule has 1 aliphatic heterocycles. The van der Waals surface area contributed by atoms with Crippen LogP contribution in [0.1, 0.15) is 16.1 Å². The third kappa shape index (κ3) is 3.95. The van der Waals surface area contributed by atoms with Crippen LogP contribution in [0.4, 0.5) is 0 Å². The lowest BCUT2D eigenvalue weighted by Crippen LogP contribution is -2.31. The molecule has 1 amide bonds. The molecule has 1 aromatic heterocycles. The maximum atomic E-state index is 12.3. The van der Waals surface area contributed by atoms with Crippen LogP contribution in [0.15, 0.2) is 36.5 Å². The summed E-state index contributed by atoms with van der Waals surface area (Å²) in [6, 6.07) is 10.0. The van der Waals surface area contributed by atoms with Gasteiger partial charge >= 0.3 is 0 Å². The number of aromatic nitrogens is 1. The highest BCUT2D eigenvalue weighted by Gasteiger charge is 2.25. The summed E-state index contributed by atoms with van der Waals surface area (Å²) in [6.07, 6.45) is 2.55. The number of hydrogen-bond donors (Lipinski definition) is 1. The molecule has 1 atom stereocenters. The zero-order valence-electron chi connectivity index (χ0n) is 11.3. The zero-order valence-corrected chi connectivity index (χ0v) is 13.7. The van der Waals surface area contributed by atoms with Crippen LogP contribution in [0.25, 0.3) is 10.6 Å². The van der Waals surface area contributed by atoms with Crippen LogP contribution < -0.4 is 5.73 Å². The van der Waals surface area contributed by atoms with E-state index < -0.39 is 0 Å². The van der Waals surface area contributed by atoms with Gasteiger partial charge in [-0.2, -0.15) is 0 Å². The molecular weight excluding hydrogens is 329 g/mol. The van der Waals surface area contributed by atoms with Crippen molar-refractivity contribution in [1.82, 2.24) is 9.88 Å². The lowest BCUT2D eigenvalue weighted by molar-refractivity contribution is 0.0795. The molecule has 0 spiro atoms. The normalized spacial score (nSPS) is 17.0. The molecule has 4 nitrogen and oxygen atoms in total. The van der Waals surface area contributed by atoms with Gasteiger partial charge in [0.05, 0.1) is 6.20 Å². The van der Waals surface area contributed by atoms with Crippen LogP contribution in [0.2, 0.25) is 0 Å². The second-order valence-corrected chi connectivity index (χ2v) is 5.73. The van der Waals surface area contributed by atoms with Crippen LogP contribution in [-0.2, 0) is 0 Å². The molecule has 0 unspecified atom stereocenters. The molecule has 1 aromatic carbocycles. The first kappa shape index (κ1) is 17.9. The summed E-state index contributed by atoms with van der Waals surface area (Å²) in [5, 5.41) is 0.882. The SMILES string of the molecule is Cl.Cl.N[C@@H]1CCN(C(=O)c2cnc(-c3ccccc3)s2)C1. The van der Waals surface area contributed by atoms with E-state index in [1.807, 2.05) is 35.2 Å². The van der Waals surface area contributed by atoms with Crippen molar-refractivity contribution in [3.63, 3.8) is 0 Å². The third-order valence-corrected chi connectivity index (χ3v) is 4.28. The number of thiazole rings is 1. The topological polar surface area (TPSA) is 59.2 Å². The van der Waals surface area contributed by atoms with Crippen molar-refractivity contribution < 1.29 is 4.79 Å². The second-order valence-electron chi connectivity index (χ2n) is 4.70. The molecule has 0 aliphatic carbocycles. The van der Waals surface area contributed by atoms with Gasteiger partial charge in [0, 0.05) is 24.7 Å². The number of halogens is 2. The molecule has 2 aromatic rings. The molecule has 0 radical (unpaired) electrons. The van der Waals surface area contributed by atoms with Crippen LogP contribution >= 0.6 is 36.2 Å². The Kier molecular flexibility index (Phi) is 6.61. The molecular formula is C14H17Cl2N3OS. The van der Waals surface area contributed by atoms with Crippen molar-refractivity contribution in [3.8, 4) is 10.6 Å². The summed E-state index contributed by atoms with van der Waals surface area (Å²) in [6.45, 7) is 1.40. The van der Waals surface area contributed by atoms with E-state index in [4.69, 9.17) is 5.73 Å². The molecule has 1 fully saturated rings. The minimum atomic E-state index is 0. The maximum absolute atomic E-state index is 12.3. The number of nitrogens with zero attached hydrogens (tertiary/aromatic N) is 2. The van der Waals surface area contributed by atoms with Gasteiger partial charge < -0.3 is 10.6 Å². The van der Waals surface area contributed by atoms with Crippen molar-refractivity contribution in [2.24, 2.45) is 5.73 Å². The number of carbonyl (C=O) groups excluding carboxylic acids is 1. The summed E-state index contributed by atoms with van der Waals surface area (Å²) in [4.78, 5) is 19.1. The Balaban J connectivity index is 0.00000110. The first-order valence-electron chi connectivity index (χ1n) is 6.30. The number of hydrogen-bond acceptors (Lipinski definition) is 4. The molecule has 1 aliphatic rings. The van der Waals surface area contributed by atoms with Crippen molar-refractivity contribution in [2.75, 3.05) is 13.1 Å². The minimum absolute atomic E-state index is 0. The summed E-state index contributed by atoms with van der Waals surface area (Å²) >= 11 is 1.44. The van der Waals surface area contributed by atoms with E-state index in [2.05, 4.69) is 4.98 Å². The quantitative estimate of drug-likeness (QED) is 0.910. The fourth-order valence-corrected chi connectivity index (χ4v) is 3.10. The molecule has 2 heterocycles. The predicted octanol–water partition coefficient (Wildman–Crippen LogP) is 2.83. The van der Waals surface area contributed by atoms with Crippen LogP contribution in [-0.4, -0.2) is 34.9 Å². The number of nitrogens with two attached hydrogens (primary N) is 1. The Hall–Kier alpha value is -1.14. The van der Waals surface area contributed by atoms with Gasteiger partial charge in [0.25, 0.3) is 5.91 Å². The molecule has 3 rings (SSSR count). The number of likely N-dealkylation sites (tertiary alicyclic amines) is 1. The van der Waals surface area contributed by atoms with Crippen LogP contribution in [0, 0.1) is 0 Å². The predicted molar refractivity (Wildman–Crippen MR) is 90.5 cm³/mol. The minimum Gasteiger partial charge on any atom is -0.336 e. The molecule has 114 valence electrons. The van der Waals surface area contributed by atoms with Crippen molar-refractivity contribution in [3.05, 3.63) is 41.4 Å². The standard InChI is InChI=1S/C14H15N3OS.2ClH/c15-11-6-7-17(9-11)14(18)12-8-16-13(19-12)10-4-2-1-3-5-10;;/h1-5,8,11H,6-7,9,15H2;2*1H/t11-;;/m1../s1. The number of rotatable bonds is 2. The molecule has 0 bridgehead atoms. The first-order chi connectivity index (χ1) is 9.24. The monoisotopic (exact) mass is 345 g/mol. The highest BCUT2D eigenvalue weighted by atomic mass is 35.5. The molecule has 0 saturated carbocycles. The van der Waals surface area contributed by atoms with Crippen LogP contribution in [0.3, 0.4) is 0 Å². The fourth-order valence-electron chi connectivity index (χ4n) is 2.21. The highest BCUT2D eigenvalue weighted by molar-refractivity contribution is 7.16. The lowest BCUT2D eigenvalue weighted by atomic mass is 10.2. The summed E-state index contributed by atoms with van der Waals surface area (Å²) in [5.74, 6) is 0.0487. The Bertz CT molecular complexity index is 591. The van der Waals surface area contributed by atoms with E-state index in [1.165, 1.54) is 11.3 Å². The second kappa shape index (κ2) is 7.75. The average Bonchev–Trinajstić information content (AvgIpc) is 3.08. The van der Waals surface area contributed by atoms with E-state index >= 15 is 0 Å². The molecule has 2 N–H and O–H groups in total. The van der Waals surface area contributed by atoms with Gasteiger partial charge in [0.1, 0.15) is 9.88 Å². The number of carbonyl (C=O) groups is 1. The average molecular weight is 346 g/mol. The van der Waals surface area contributed by atoms with E-state index in [9.17, 15) is 4.79 Å². The largest absolute Gasteiger partial charge is 0.336 e. The molecule has 1 saturated heterocycles. The summed E-state index contributed by atoms with van der Waals surface area (Å²) in [5.41, 5.74) is 6.88. The van der Waals surface area contributed by atoms with Gasteiger partial charge in [-0.15, -0.1) is 36.2 Å². The number of amides is 1. The zero-order chi connectivity index (χ0) is 13.2. The van der Waals surface area contributed by atoms with Crippen LogP contribution in [0.5, 0.6) is 0 Å². The Labute approximate surface area is 140 Å². The van der Waals surface area contributed by atoms with Crippen molar-refractivity contribution in [2.45, 2.75) is 12.5 Å². The smallest absolute Gasteiger partial charge is 0.265 e. The Morgan fingerprint density at radius 1 is 1.29 bits per heavy atom. The molecule has 7 heteroatoms. The highest BCUT2D eigenvalue weighted by Crippen LogP contribution is 2.26. The van der Waals surface area contributed by atoms with Gasteiger partial charge in [-0.3, -0.25) is 4.79 Å². The van der Waals surface area contributed by atoms with E-state index in [1.54, 1.807) is 6.20 Å². The van der Waals surface area contributed by atoms with Crippen molar-refractivity contribution in [1.29, 1.82) is 0 Å². The maximum Gasteiger partial charge on any atom is 0.265 e. The fraction of sp³-hybridized carbons (Fsp3) is 0.286. The van der Waals surface area contributed by atoms with Gasteiger partial charge in [0.15, 0.2) is 0 Å². The van der Waals surface area contributed by atoms with Gasteiger partial charge in [0.2, 0.25) is 0 Å². The van der Waals surface area contributed by atoms with Crippen molar-refractivity contribution >= 4 is 42.1 Å². The van der Waals surface area contributed by atoms with Gasteiger partial charge in [-0.1, -0.05) is 30.3 Å². The molecule has 21 heavy (non-hydrogen) atoms. The summed E-state index contributed by atoms with van der Waals surface area (Å²) in [7, 11) is 0. The van der Waals surface area contributed by atoms with Gasteiger partial charge in [-0.05, 0) is 6.42 Å².